The highest BCUT2D eigenvalue weighted by molar-refractivity contribution is 5.19. The smallest absolute Gasteiger partial charge is 0.0145 e. The average Bonchev–Trinajstić information content (AvgIpc) is 2.20. The van der Waals surface area contributed by atoms with Crippen LogP contribution in [0.2, 0.25) is 0 Å². The Morgan fingerprint density at radius 1 is 0.929 bits per heavy atom. The molecule has 0 amide bonds. The topological polar surface area (TPSA) is 0 Å². The van der Waals surface area contributed by atoms with Crippen LogP contribution in [0.3, 0.4) is 0 Å². The number of rotatable bonds is 0. The molecule has 0 heterocycles. The van der Waals surface area contributed by atoms with E-state index in [1.54, 1.807) is 11.1 Å². The van der Waals surface area contributed by atoms with Gasteiger partial charge in [-0.1, -0.05) is 52.7 Å². The Hall–Kier alpha value is -0.260. The molecule has 0 N–H and O–H groups in total. The Morgan fingerprint density at radius 2 is 1.36 bits per heavy atom. The summed E-state index contributed by atoms with van der Waals surface area (Å²) in [6.45, 7) is 17.3. The highest BCUT2D eigenvalue weighted by Gasteiger charge is 2.24. The third kappa shape index (κ3) is 4.83. The number of hydrogen-bond donors (Lipinski definition) is 0. The van der Waals surface area contributed by atoms with E-state index in [1.807, 2.05) is 27.7 Å². The molecule has 0 saturated heterocycles. The van der Waals surface area contributed by atoms with E-state index in [-0.39, 0.29) is 0 Å². The molecular weight excluding hydrogens is 168 g/mol. The lowest BCUT2D eigenvalue weighted by atomic mass is 9.74. The molecule has 0 atom stereocenters. The van der Waals surface area contributed by atoms with Crippen molar-refractivity contribution in [2.45, 2.75) is 74.7 Å². The van der Waals surface area contributed by atoms with Crippen LogP contribution in [0.1, 0.15) is 74.7 Å². The van der Waals surface area contributed by atoms with Crippen LogP contribution in [0.5, 0.6) is 0 Å². The van der Waals surface area contributed by atoms with Gasteiger partial charge in [0.15, 0.2) is 0 Å². The molecule has 0 bridgehead atoms. The van der Waals surface area contributed by atoms with Crippen molar-refractivity contribution in [3.8, 4) is 0 Å². The lowest BCUT2D eigenvalue weighted by Gasteiger charge is -2.32. The first-order valence-electron chi connectivity index (χ1n) is 6.21. The van der Waals surface area contributed by atoms with Crippen molar-refractivity contribution in [3.05, 3.63) is 11.1 Å². The lowest BCUT2D eigenvalue weighted by molar-refractivity contribution is 0.367. The van der Waals surface area contributed by atoms with Crippen LogP contribution in [0, 0.1) is 5.41 Å². The van der Waals surface area contributed by atoms with E-state index in [1.165, 1.54) is 19.3 Å². The molecule has 0 spiro atoms. The Balaban J connectivity index is 0. The molecule has 0 saturated carbocycles. The summed E-state index contributed by atoms with van der Waals surface area (Å²) < 4.78 is 0. The standard InChI is InChI=1S/C10H18.2C2H6/c1-8-6-5-7-10(3,4)9(8)2;2*1-2/h5-7H2,1-4H3;2*1-2H3. The molecule has 0 nitrogen and oxygen atoms in total. The average molecular weight is 198 g/mol. The Labute approximate surface area is 91.8 Å². The minimum Gasteiger partial charge on any atom is -0.0739 e. The van der Waals surface area contributed by atoms with Gasteiger partial charge in [-0.2, -0.15) is 0 Å². The van der Waals surface area contributed by atoms with Crippen LogP contribution in [0.15, 0.2) is 11.1 Å². The van der Waals surface area contributed by atoms with E-state index < -0.39 is 0 Å². The number of allylic oxidation sites excluding steroid dienone is 2. The fourth-order valence-corrected chi connectivity index (χ4v) is 1.75. The zero-order chi connectivity index (χ0) is 11.8. The molecular formula is C14H30. The Morgan fingerprint density at radius 3 is 1.64 bits per heavy atom. The summed E-state index contributed by atoms with van der Waals surface area (Å²) in [6.07, 6.45) is 4.08. The van der Waals surface area contributed by atoms with Crippen molar-refractivity contribution in [2.75, 3.05) is 0 Å². The second-order valence-corrected chi connectivity index (χ2v) is 4.14. The van der Waals surface area contributed by atoms with Gasteiger partial charge in [0, 0.05) is 0 Å². The van der Waals surface area contributed by atoms with Crippen molar-refractivity contribution >= 4 is 0 Å². The molecule has 0 heteroatoms. The zero-order valence-corrected chi connectivity index (χ0v) is 11.6. The molecule has 0 aromatic rings. The molecule has 0 radical (unpaired) electrons. The van der Waals surface area contributed by atoms with Gasteiger partial charge >= 0.3 is 0 Å². The molecule has 0 aromatic heterocycles. The summed E-state index contributed by atoms with van der Waals surface area (Å²) in [5.41, 5.74) is 3.73. The Kier molecular flexibility index (Phi) is 9.34. The SMILES string of the molecule is CC.CC.CC1=C(C)C(C)(C)CCC1. The van der Waals surface area contributed by atoms with Gasteiger partial charge in [0.1, 0.15) is 0 Å². The van der Waals surface area contributed by atoms with Crippen LogP contribution in [0.25, 0.3) is 0 Å². The second-order valence-electron chi connectivity index (χ2n) is 4.14. The van der Waals surface area contributed by atoms with Crippen molar-refractivity contribution in [1.29, 1.82) is 0 Å². The monoisotopic (exact) mass is 198 g/mol. The van der Waals surface area contributed by atoms with Gasteiger partial charge in [0.2, 0.25) is 0 Å². The molecule has 1 aliphatic rings. The maximum Gasteiger partial charge on any atom is -0.0145 e. The highest BCUT2D eigenvalue weighted by atomic mass is 14.3. The molecule has 0 aromatic carbocycles. The van der Waals surface area contributed by atoms with Crippen molar-refractivity contribution in [1.82, 2.24) is 0 Å². The van der Waals surface area contributed by atoms with Gasteiger partial charge in [-0.25, -0.2) is 0 Å². The van der Waals surface area contributed by atoms with Gasteiger partial charge in [-0.05, 0) is 38.5 Å². The molecule has 1 rings (SSSR count). The molecule has 0 fully saturated rings. The molecule has 0 unspecified atom stereocenters. The highest BCUT2D eigenvalue weighted by Crippen LogP contribution is 2.39. The molecule has 86 valence electrons. The third-order valence-corrected chi connectivity index (χ3v) is 3.01. The summed E-state index contributed by atoms with van der Waals surface area (Å²) in [4.78, 5) is 0. The minimum atomic E-state index is 0.488. The van der Waals surface area contributed by atoms with Gasteiger partial charge in [0.25, 0.3) is 0 Å². The zero-order valence-electron chi connectivity index (χ0n) is 11.6. The van der Waals surface area contributed by atoms with Crippen molar-refractivity contribution < 1.29 is 0 Å². The Bertz CT molecular complexity index is 161. The van der Waals surface area contributed by atoms with E-state index in [2.05, 4.69) is 27.7 Å². The minimum absolute atomic E-state index is 0.488. The van der Waals surface area contributed by atoms with Gasteiger partial charge in [-0.15, -0.1) is 0 Å². The predicted molar refractivity (Wildman–Crippen MR) is 68.7 cm³/mol. The van der Waals surface area contributed by atoms with Crippen molar-refractivity contribution in [3.63, 3.8) is 0 Å². The van der Waals surface area contributed by atoms with E-state index in [0.717, 1.165) is 0 Å². The molecule has 0 aliphatic heterocycles. The normalized spacial score (nSPS) is 18.9. The first kappa shape index (κ1) is 16.2. The predicted octanol–water partition coefficient (Wildman–Crippen LogP) is 5.59. The summed E-state index contributed by atoms with van der Waals surface area (Å²) in [6, 6.07) is 0. The van der Waals surface area contributed by atoms with E-state index in [9.17, 15) is 0 Å². The van der Waals surface area contributed by atoms with Gasteiger partial charge in [0.05, 0.1) is 0 Å². The molecule has 1 aliphatic carbocycles. The summed E-state index contributed by atoms with van der Waals surface area (Å²) in [7, 11) is 0. The van der Waals surface area contributed by atoms with E-state index in [4.69, 9.17) is 0 Å². The van der Waals surface area contributed by atoms with Crippen LogP contribution in [-0.2, 0) is 0 Å². The lowest BCUT2D eigenvalue weighted by Crippen LogP contribution is -2.18. The second kappa shape index (κ2) is 8.08. The van der Waals surface area contributed by atoms with Crippen LogP contribution < -0.4 is 0 Å². The van der Waals surface area contributed by atoms with Crippen LogP contribution in [0.4, 0.5) is 0 Å². The van der Waals surface area contributed by atoms with Gasteiger partial charge in [-0.3, -0.25) is 0 Å². The molecule has 14 heavy (non-hydrogen) atoms. The maximum absolute atomic E-state index is 2.35. The first-order chi connectivity index (χ1) is 6.54. The van der Waals surface area contributed by atoms with E-state index in [0.29, 0.717) is 5.41 Å². The van der Waals surface area contributed by atoms with Crippen LogP contribution in [-0.4, -0.2) is 0 Å². The fraction of sp³-hybridized carbons (Fsp3) is 0.857. The first-order valence-corrected chi connectivity index (χ1v) is 6.21. The fourth-order valence-electron chi connectivity index (χ4n) is 1.75. The van der Waals surface area contributed by atoms with Crippen molar-refractivity contribution in [2.24, 2.45) is 5.41 Å². The van der Waals surface area contributed by atoms with Crippen LogP contribution >= 0.6 is 0 Å². The summed E-state index contributed by atoms with van der Waals surface area (Å²) in [5.74, 6) is 0. The van der Waals surface area contributed by atoms with E-state index >= 15 is 0 Å². The largest absolute Gasteiger partial charge is 0.0739 e. The third-order valence-electron chi connectivity index (χ3n) is 3.01. The summed E-state index contributed by atoms with van der Waals surface area (Å²) in [5, 5.41) is 0. The maximum atomic E-state index is 2.35. The summed E-state index contributed by atoms with van der Waals surface area (Å²) >= 11 is 0. The number of hydrogen-bond acceptors (Lipinski definition) is 0. The quantitative estimate of drug-likeness (QED) is 0.445. The van der Waals surface area contributed by atoms with Gasteiger partial charge < -0.3 is 0 Å².